The number of benzene rings is 1. The molecule has 0 aromatic heterocycles. The highest BCUT2D eigenvalue weighted by Gasteiger charge is 2.15. The molecule has 102 valence electrons. The summed E-state index contributed by atoms with van der Waals surface area (Å²) in [6.07, 6.45) is 0.704. The Kier molecular flexibility index (Phi) is 5.78. The molecule has 18 heavy (non-hydrogen) atoms. The summed E-state index contributed by atoms with van der Waals surface area (Å²) >= 11 is 0. The summed E-state index contributed by atoms with van der Waals surface area (Å²) in [5, 5.41) is 12.5. The van der Waals surface area contributed by atoms with Gasteiger partial charge in [-0.2, -0.15) is 0 Å². The lowest BCUT2D eigenvalue weighted by atomic mass is 10.0. The molecule has 4 N–H and O–H groups in total. The van der Waals surface area contributed by atoms with Crippen LogP contribution in [-0.4, -0.2) is 24.4 Å². The third kappa shape index (κ3) is 3.81. The van der Waals surface area contributed by atoms with Crippen LogP contribution in [0.2, 0.25) is 0 Å². The van der Waals surface area contributed by atoms with Gasteiger partial charge in [0, 0.05) is 12.6 Å². The van der Waals surface area contributed by atoms with Crippen molar-refractivity contribution < 1.29 is 9.84 Å². The van der Waals surface area contributed by atoms with Crippen molar-refractivity contribution in [2.45, 2.75) is 33.2 Å². The summed E-state index contributed by atoms with van der Waals surface area (Å²) in [5.41, 5.74) is 7.56. The molecule has 0 bridgehead atoms. The van der Waals surface area contributed by atoms with Gasteiger partial charge < -0.3 is 20.9 Å². The van der Waals surface area contributed by atoms with E-state index in [1.54, 1.807) is 0 Å². The van der Waals surface area contributed by atoms with Crippen LogP contribution in [0.5, 0.6) is 5.75 Å². The van der Waals surface area contributed by atoms with Crippen molar-refractivity contribution >= 4 is 11.4 Å². The fraction of sp³-hybridized carbons (Fsp3) is 0.571. The van der Waals surface area contributed by atoms with Crippen molar-refractivity contribution in [2.24, 2.45) is 5.92 Å². The average Bonchev–Trinajstić information content (AvgIpc) is 2.33. The molecule has 0 aliphatic rings. The van der Waals surface area contributed by atoms with E-state index < -0.39 is 0 Å². The summed E-state index contributed by atoms with van der Waals surface area (Å²) in [5.74, 6) is 1.13. The van der Waals surface area contributed by atoms with E-state index in [1.807, 2.05) is 25.1 Å². The van der Waals surface area contributed by atoms with Crippen molar-refractivity contribution in [2.75, 3.05) is 24.3 Å². The van der Waals surface area contributed by atoms with Crippen LogP contribution in [0.15, 0.2) is 18.2 Å². The fourth-order valence-electron chi connectivity index (χ4n) is 1.86. The number of nitrogens with two attached hydrogens (primary N) is 1. The van der Waals surface area contributed by atoms with E-state index >= 15 is 0 Å². The molecule has 0 heterocycles. The van der Waals surface area contributed by atoms with E-state index in [9.17, 15) is 0 Å². The lowest BCUT2D eigenvalue weighted by Gasteiger charge is -2.24. The van der Waals surface area contributed by atoms with Gasteiger partial charge in [0.1, 0.15) is 5.75 Å². The summed E-state index contributed by atoms with van der Waals surface area (Å²) < 4.78 is 5.46. The maximum atomic E-state index is 9.08. The molecule has 0 saturated carbocycles. The second-order valence-corrected chi connectivity index (χ2v) is 4.66. The number of ether oxygens (including phenoxy) is 1. The van der Waals surface area contributed by atoms with Crippen molar-refractivity contribution in [3.63, 3.8) is 0 Å². The molecule has 0 amide bonds. The second kappa shape index (κ2) is 7.11. The van der Waals surface area contributed by atoms with E-state index in [1.165, 1.54) is 0 Å². The highest BCUT2D eigenvalue weighted by Crippen LogP contribution is 2.30. The molecule has 1 aromatic rings. The number of hydrogen-bond donors (Lipinski definition) is 3. The number of aliphatic hydroxyl groups excluding tert-OH is 1. The molecule has 1 atom stereocenters. The topological polar surface area (TPSA) is 67.5 Å². The number of aliphatic hydroxyl groups is 1. The Balaban J connectivity index is 2.85. The molecule has 4 heteroatoms. The lowest BCUT2D eigenvalue weighted by molar-refractivity contribution is 0.267. The maximum Gasteiger partial charge on any atom is 0.144 e. The minimum atomic E-state index is 0.168. The van der Waals surface area contributed by atoms with Crippen molar-refractivity contribution in [1.82, 2.24) is 0 Å². The van der Waals surface area contributed by atoms with Crippen molar-refractivity contribution in [1.29, 1.82) is 0 Å². The van der Waals surface area contributed by atoms with E-state index in [0.717, 1.165) is 5.69 Å². The van der Waals surface area contributed by atoms with E-state index in [0.29, 0.717) is 30.4 Å². The second-order valence-electron chi connectivity index (χ2n) is 4.66. The Bertz CT molecular complexity index is 367. The van der Waals surface area contributed by atoms with E-state index in [4.69, 9.17) is 15.6 Å². The molecule has 0 spiro atoms. The first-order valence-electron chi connectivity index (χ1n) is 6.48. The number of hydrogen-bond acceptors (Lipinski definition) is 4. The Hall–Kier alpha value is -1.42. The number of para-hydroxylation sites is 1. The van der Waals surface area contributed by atoms with Gasteiger partial charge >= 0.3 is 0 Å². The van der Waals surface area contributed by atoms with Crippen molar-refractivity contribution in [3.05, 3.63) is 18.2 Å². The van der Waals surface area contributed by atoms with Gasteiger partial charge in [-0.3, -0.25) is 0 Å². The van der Waals surface area contributed by atoms with E-state index in [-0.39, 0.29) is 12.6 Å². The first kappa shape index (κ1) is 14.6. The zero-order valence-electron chi connectivity index (χ0n) is 11.4. The van der Waals surface area contributed by atoms with Crippen LogP contribution < -0.4 is 15.8 Å². The van der Waals surface area contributed by atoms with Gasteiger partial charge in [-0.05, 0) is 31.4 Å². The quantitative estimate of drug-likeness (QED) is 0.652. The normalized spacial score (nSPS) is 12.5. The third-order valence-corrected chi connectivity index (χ3v) is 2.95. The largest absolute Gasteiger partial charge is 0.492 e. The lowest BCUT2D eigenvalue weighted by Crippen LogP contribution is -2.27. The van der Waals surface area contributed by atoms with Crippen LogP contribution in [0.4, 0.5) is 11.4 Å². The Labute approximate surface area is 109 Å². The van der Waals surface area contributed by atoms with Crippen LogP contribution in [-0.2, 0) is 0 Å². The Morgan fingerprint density at radius 3 is 2.67 bits per heavy atom. The van der Waals surface area contributed by atoms with E-state index in [2.05, 4.69) is 19.2 Å². The minimum absolute atomic E-state index is 0.168. The molecule has 0 saturated heterocycles. The zero-order valence-corrected chi connectivity index (χ0v) is 11.4. The molecule has 0 radical (unpaired) electrons. The molecule has 4 nitrogen and oxygen atoms in total. The van der Waals surface area contributed by atoms with Gasteiger partial charge in [0.05, 0.1) is 18.0 Å². The molecular formula is C14H24N2O2. The monoisotopic (exact) mass is 252 g/mol. The zero-order chi connectivity index (χ0) is 13.5. The predicted octanol–water partition coefficient (Wildman–Crippen LogP) is 2.49. The van der Waals surface area contributed by atoms with Gasteiger partial charge in [0.15, 0.2) is 0 Å². The predicted molar refractivity (Wildman–Crippen MR) is 76.0 cm³/mol. The minimum Gasteiger partial charge on any atom is -0.492 e. The fourth-order valence-corrected chi connectivity index (χ4v) is 1.86. The van der Waals surface area contributed by atoms with Gasteiger partial charge in [0.25, 0.3) is 0 Å². The third-order valence-electron chi connectivity index (χ3n) is 2.95. The molecule has 1 unspecified atom stereocenters. The van der Waals surface area contributed by atoms with Gasteiger partial charge in [-0.15, -0.1) is 0 Å². The highest BCUT2D eigenvalue weighted by molar-refractivity contribution is 5.73. The van der Waals surface area contributed by atoms with Crippen LogP contribution in [0.1, 0.15) is 27.2 Å². The number of nitrogens with one attached hydrogen (secondary N) is 1. The van der Waals surface area contributed by atoms with Crippen LogP contribution in [0.25, 0.3) is 0 Å². The van der Waals surface area contributed by atoms with Gasteiger partial charge in [-0.25, -0.2) is 0 Å². The highest BCUT2D eigenvalue weighted by atomic mass is 16.5. The van der Waals surface area contributed by atoms with Crippen LogP contribution in [0, 0.1) is 5.92 Å². The first-order valence-corrected chi connectivity index (χ1v) is 6.48. The number of nitrogen functional groups attached to an aromatic ring is 1. The van der Waals surface area contributed by atoms with Crippen LogP contribution in [0.3, 0.4) is 0 Å². The summed E-state index contributed by atoms with van der Waals surface area (Å²) in [6.45, 7) is 6.94. The Morgan fingerprint density at radius 1 is 1.39 bits per heavy atom. The average molecular weight is 252 g/mol. The molecule has 1 rings (SSSR count). The Morgan fingerprint density at radius 2 is 2.11 bits per heavy atom. The standard InChI is InChI=1S/C14H24N2O2/c1-4-18-13-7-5-6-12(14(13)15)16-11(8-9-17)10(2)3/h5-7,10-11,16-17H,4,8-9,15H2,1-3H3. The van der Waals surface area contributed by atoms with Gasteiger partial charge in [-0.1, -0.05) is 19.9 Å². The SMILES string of the molecule is CCOc1cccc(NC(CCO)C(C)C)c1N. The smallest absolute Gasteiger partial charge is 0.144 e. The molecule has 0 fully saturated rings. The summed E-state index contributed by atoms with van der Waals surface area (Å²) in [4.78, 5) is 0. The van der Waals surface area contributed by atoms with Gasteiger partial charge in [0.2, 0.25) is 0 Å². The van der Waals surface area contributed by atoms with Crippen LogP contribution >= 0.6 is 0 Å². The molecule has 0 aliphatic carbocycles. The summed E-state index contributed by atoms with van der Waals surface area (Å²) in [6, 6.07) is 5.92. The number of rotatable bonds is 7. The maximum absolute atomic E-state index is 9.08. The molecule has 0 aliphatic heterocycles. The molecular weight excluding hydrogens is 228 g/mol. The first-order chi connectivity index (χ1) is 8.60. The molecule has 1 aromatic carbocycles. The number of anilines is 2. The van der Waals surface area contributed by atoms with Crippen molar-refractivity contribution in [3.8, 4) is 5.75 Å². The summed E-state index contributed by atoms with van der Waals surface area (Å²) in [7, 11) is 0.